The van der Waals surface area contributed by atoms with Crippen molar-refractivity contribution >= 4 is 64.4 Å². The number of aromatic nitrogens is 2. The number of benzene rings is 1. The first-order chi connectivity index (χ1) is 14.5. The zero-order valence-electron chi connectivity index (χ0n) is 15.7. The third-order valence-corrected chi connectivity index (χ3v) is 5.04. The summed E-state index contributed by atoms with van der Waals surface area (Å²) >= 11 is 24.6. The quantitative estimate of drug-likeness (QED) is 0.400. The van der Waals surface area contributed by atoms with Crippen LogP contribution in [0.3, 0.4) is 0 Å². The lowest BCUT2D eigenvalue weighted by molar-refractivity contribution is -0.123. The van der Waals surface area contributed by atoms with Crippen molar-refractivity contribution in [3.05, 3.63) is 50.5 Å². The molecule has 2 N–H and O–H groups in total. The number of imide groups is 1. The minimum absolute atomic E-state index is 0.0315. The molecule has 0 atom stereocenters. The van der Waals surface area contributed by atoms with Crippen molar-refractivity contribution in [2.24, 2.45) is 12.8 Å². The van der Waals surface area contributed by atoms with Crippen LogP contribution in [0.5, 0.6) is 5.88 Å². The van der Waals surface area contributed by atoms with Gasteiger partial charge in [0.25, 0.3) is 5.91 Å². The Labute approximate surface area is 195 Å². The highest BCUT2D eigenvalue weighted by molar-refractivity contribution is 6.45. The van der Waals surface area contributed by atoms with E-state index in [0.29, 0.717) is 4.90 Å². The molecule has 166 valence electrons. The predicted molar refractivity (Wildman–Crippen MR) is 116 cm³/mol. The molecule has 0 aliphatic carbocycles. The number of nitrogens with two attached hydrogens (primary N) is 1. The Bertz CT molecular complexity index is 1070. The zero-order valence-corrected chi connectivity index (χ0v) is 18.7. The second kappa shape index (κ2) is 10.3. The largest absolute Gasteiger partial charge is 0.416 e. The molecule has 0 saturated heterocycles. The van der Waals surface area contributed by atoms with Crippen LogP contribution in [0.1, 0.15) is 5.56 Å². The van der Waals surface area contributed by atoms with Gasteiger partial charge in [-0.05, 0) is 23.8 Å². The maximum absolute atomic E-state index is 12.6. The van der Waals surface area contributed by atoms with Gasteiger partial charge in [0, 0.05) is 24.2 Å². The molecule has 7 nitrogen and oxygen atoms in total. The topological polar surface area (TPSA) is 90.5 Å². The number of halogens is 6. The van der Waals surface area contributed by atoms with E-state index in [1.165, 1.54) is 31.3 Å². The molecule has 2 aromatic rings. The van der Waals surface area contributed by atoms with E-state index in [9.17, 15) is 18.4 Å². The van der Waals surface area contributed by atoms with Crippen molar-refractivity contribution in [3.8, 4) is 17.1 Å². The molecule has 3 amide bonds. The summed E-state index contributed by atoms with van der Waals surface area (Å²) in [6, 6.07) is 1.70. The molecule has 31 heavy (non-hydrogen) atoms. The molecule has 0 unspecified atom stereocenters. The van der Waals surface area contributed by atoms with Gasteiger partial charge in [-0.3, -0.25) is 9.69 Å². The summed E-state index contributed by atoms with van der Waals surface area (Å²) in [5.74, 6) is -1.25. The Morgan fingerprint density at radius 2 is 1.97 bits per heavy atom. The number of rotatable bonds is 7. The van der Waals surface area contributed by atoms with E-state index >= 15 is 0 Å². The molecule has 0 spiro atoms. The van der Waals surface area contributed by atoms with Crippen LogP contribution in [-0.4, -0.2) is 39.8 Å². The lowest BCUT2D eigenvalue weighted by Crippen LogP contribution is -2.40. The van der Waals surface area contributed by atoms with Gasteiger partial charge in [-0.1, -0.05) is 52.5 Å². The summed E-state index contributed by atoms with van der Waals surface area (Å²) in [5, 5.41) is 3.65. The number of primary amides is 1. The Hall–Kier alpha value is -2.33. The normalized spacial score (nSPS) is 11.5. The number of carbonyl (C=O) groups is 2. The van der Waals surface area contributed by atoms with Gasteiger partial charge in [-0.25, -0.2) is 9.48 Å². The Kier molecular flexibility index (Phi) is 8.30. The SMILES string of the molecule is C=CCN(C(N)=O)C(=O)/C(Cl)=C/c1cc(-c2nn(C)c(OC(F)F)c2Cl)c(Cl)cc1Cl. The number of nitrogens with zero attached hydrogens (tertiary/aromatic N) is 3. The molecule has 0 bridgehead atoms. The van der Waals surface area contributed by atoms with E-state index in [2.05, 4.69) is 16.4 Å². The van der Waals surface area contributed by atoms with Crippen molar-refractivity contribution in [1.82, 2.24) is 14.7 Å². The van der Waals surface area contributed by atoms with Crippen LogP contribution in [-0.2, 0) is 11.8 Å². The van der Waals surface area contributed by atoms with Crippen molar-refractivity contribution in [3.63, 3.8) is 0 Å². The van der Waals surface area contributed by atoms with Crippen molar-refractivity contribution < 1.29 is 23.1 Å². The van der Waals surface area contributed by atoms with Crippen molar-refractivity contribution in [2.45, 2.75) is 6.61 Å². The smallest absolute Gasteiger partial charge is 0.388 e. The summed E-state index contributed by atoms with van der Waals surface area (Å²) in [7, 11) is 1.35. The average molecular weight is 514 g/mol. The fraction of sp³-hybridized carbons (Fsp3) is 0.167. The van der Waals surface area contributed by atoms with E-state index in [-0.39, 0.29) is 49.3 Å². The Balaban J connectivity index is 2.53. The van der Waals surface area contributed by atoms with Crippen LogP contribution in [0, 0.1) is 0 Å². The maximum Gasteiger partial charge on any atom is 0.388 e. The minimum atomic E-state index is -3.12. The van der Waals surface area contributed by atoms with E-state index in [0.717, 1.165) is 4.68 Å². The van der Waals surface area contributed by atoms with Crippen LogP contribution < -0.4 is 10.5 Å². The van der Waals surface area contributed by atoms with Crippen LogP contribution >= 0.6 is 46.4 Å². The van der Waals surface area contributed by atoms with Gasteiger partial charge in [0.1, 0.15) is 15.7 Å². The monoisotopic (exact) mass is 512 g/mol. The number of ether oxygens (including phenoxy) is 1. The molecule has 0 aliphatic heterocycles. The summed E-state index contributed by atoms with van der Waals surface area (Å²) in [6.07, 6.45) is 2.47. The van der Waals surface area contributed by atoms with Gasteiger partial charge >= 0.3 is 12.6 Å². The van der Waals surface area contributed by atoms with Crippen molar-refractivity contribution in [2.75, 3.05) is 6.54 Å². The lowest BCUT2D eigenvalue weighted by Gasteiger charge is -2.16. The summed E-state index contributed by atoms with van der Waals surface area (Å²) < 4.78 is 30.6. The summed E-state index contributed by atoms with van der Waals surface area (Å²) in [6.45, 7) is 0.159. The van der Waals surface area contributed by atoms with E-state index in [4.69, 9.17) is 52.1 Å². The molecule has 0 fully saturated rings. The highest BCUT2D eigenvalue weighted by Crippen LogP contribution is 2.40. The third-order valence-electron chi connectivity index (χ3n) is 3.79. The molecular formula is C18H14Cl4F2N4O3. The highest BCUT2D eigenvalue weighted by Gasteiger charge is 2.24. The molecule has 1 aromatic heterocycles. The van der Waals surface area contributed by atoms with Crippen LogP contribution in [0.25, 0.3) is 17.3 Å². The van der Waals surface area contributed by atoms with Crippen molar-refractivity contribution in [1.29, 1.82) is 0 Å². The molecule has 0 aliphatic rings. The van der Waals surface area contributed by atoms with Gasteiger partial charge in [0.15, 0.2) is 0 Å². The van der Waals surface area contributed by atoms with Gasteiger partial charge < -0.3 is 10.5 Å². The Morgan fingerprint density at radius 1 is 1.32 bits per heavy atom. The summed E-state index contributed by atoms with van der Waals surface area (Å²) in [4.78, 5) is 24.5. The molecule has 13 heteroatoms. The summed E-state index contributed by atoms with van der Waals surface area (Å²) in [5.41, 5.74) is 5.62. The molecule has 1 heterocycles. The second-order valence-electron chi connectivity index (χ2n) is 5.86. The zero-order chi connectivity index (χ0) is 23.5. The lowest BCUT2D eigenvalue weighted by atomic mass is 10.1. The van der Waals surface area contributed by atoms with Crippen LogP contribution in [0.15, 0.2) is 29.8 Å². The first-order valence-electron chi connectivity index (χ1n) is 8.24. The molecule has 0 saturated carbocycles. The first-order valence-corrected chi connectivity index (χ1v) is 9.75. The average Bonchev–Trinajstić information content (AvgIpc) is 2.95. The van der Waals surface area contributed by atoms with E-state index in [1.807, 2.05) is 0 Å². The number of urea groups is 1. The van der Waals surface area contributed by atoms with Crippen LogP contribution in [0.2, 0.25) is 15.1 Å². The molecule has 1 aromatic carbocycles. The maximum atomic E-state index is 12.6. The van der Waals surface area contributed by atoms with Gasteiger partial charge in [-0.15, -0.1) is 6.58 Å². The number of alkyl halides is 2. The number of hydrogen-bond acceptors (Lipinski definition) is 4. The third kappa shape index (κ3) is 5.68. The number of amides is 3. The molecule has 0 radical (unpaired) electrons. The fourth-order valence-electron chi connectivity index (χ4n) is 2.45. The molecule has 2 rings (SSSR count). The van der Waals surface area contributed by atoms with E-state index in [1.54, 1.807) is 0 Å². The first kappa shape index (κ1) is 24.9. The van der Waals surface area contributed by atoms with Gasteiger partial charge in [0.05, 0.1) is 5.02 Å². The van der Waals surface area contributed by atoms with Crippen LogP contribution in [0.4, 0.5) is 13.6 Å². The number of aryl methyl sites for hydroxylation is 1. The predicted octanol–water partition coefficient (Wildman–Crippen LogP) is 5.32. The number of hydrogen-bond donors (Lipinski definition) is 1. The second-order valence-corrected chi connectivity index (χ2v) is 7.46. The highest BCUT2D eigenvalue weighted by atomic mass is 35.5. The van der Waals surface area contributed by atoms with E-state index < -0.39 is 18.5 Å². The molecular weight excluding hydrogens is 500 g/mol. The standard InChI is InChI=1S/C18H14Cl4F2N4O3/c1-3-4-28(18(25)30)15(29)12(21)6-8-5-9(11(20)7-10(8)19)14-13(22)16(27(2)26-14)31-17(23)24/h3,5-7,17H,1,4H2,2H3,(H2,25,30)/b12-6-. The van der Waals surface area contributed by atoms with Gasteiger partial charge in [-0.2, -0.15) is 13.9 Å². The number of carbonyl (C=O) groups excluding carboxylic acids is 2. The minimum Gasteiger partial charge on any atom is -0.416 e. The fourth-order valence-corrected chi connectivity index (χ4v) is 3.51. The van der Waals surface area contributed by atoms with Gasteiger partial charge in [0.2, 0.25) is 5.88 Å². The Morgan fingerprint density at radius 3 is 2.52 bits per heavy atom.